The molecule has 0 radical (unpaired) electrons. The number of rotatable bonds is 5. The Labute approximate surface area is 150 Å². The minimum atomic E-state index is -0.0467. The van der Waals surface area contributed by atoms with Crippen LogP contribution >= 0.6 is 11.8 Å². The van der Waals surface area contributed by atoms with Crippen LogP contribution in [0.25, 0.3) is 10.9 Å². The summed E-state index contributed by atoms with van der Waals surface area (Å²) in [6, 6.07) is 15.1. The minimum Gasteiger partial charge on any atom is -0.357 e. The van der Waals surface area contributed by atoms with Gasteiger partial charge in [-0.05, 0) is 49.2 Å². The van der Waals surface area contributed by atoms with Gasteiger partial charge in [0.05, 0.1) is 5.75 Å². The highest BCUT2D eigenvalue weighted by Crippen LogP contribution is 2.15. The molecule has 1 heterocycles. The number of thioether (sulfide) groups is 1. The number of H-pyrrole nitrogens is 1. The zero-order chi connectivity index (χ0) is 17.8. The Balaban J connectivity index is 1.61. The average molecular weight is 352 g/mol. The van der Waals surface area contributed by atoms with Gasteiger partial charge in [0.25, 0.3) is 0 Å². The van der Waals surface area contributed by atoms with E-state index in [9.17, 15) is 9.59 Å². The number of aryl methyl sites for hydroxylation is 2. The van der Waals surface area contributed by atoms with E-state index in [2.05, 4.69) is 10.3 Å². The first-order valence-electron chi connectivity index (χ1n) is 8.08. The lowest BCUT2D eigenvalue weighted by Crippen LogP contribution is -2.14. The topological polar surface area (TPSA) is 62.0 Å². The maximum Gasteiger partial charge on any atom is 0.234 e. The van der Waals surface area contributed by atoms with Gasteiger partial charge in [-0.15, -0.1) is 11.8 Å². The summed E-state index contributed by atoms with van der Waals surface area (Å²) in [6.07, 6.45) is 0. The number of carbonyl (C=O) groups is 1. The lowest BCUT2D eigenvalue weighted by molar-refractivity contribution is -0.113. The van der Waals surface area contributed by atoms with Crippen molar-refractivity contribution in [1.29, 1.82) is 0 Å². The number of carbonyl (C=O) groups excluding carboxylic acids is 1. The number of aromatic nitrogens is 1. The minimum absolute atomic E-state index is 0.00793. The summed E-state index contributed by atoms with van der Waals surface area (Å²) in [5.41, 5.74) is 4.69. The third kappa shape index (κ3) is 4.51. The molecule has 3 rings (SSSR count). The number of aromatic amines is 1. The van der Waals surface area contributed by atoms with Gasteiger partial charge >= 0.3 is 0 Å². The molecule has 2 aromatic carbocycles. The average Bonchev–Trinajstić information content (AvgIpc) is 2.54. The van der Waals surface area contributed by atoms with Gasteiger partial charge in [-0.3, -0.25) is 9.59 Å². The Kier molecular flexibility index (Phi) is 5.24. The number of hydrogen-bond donors (Lipinski definition) is 2. The van der Waals surface area contributed by atoms with E-state index in [1.807, 2.05) is 56.3 Å². The number of fused-ring (bicyclic) bond motifs is 1. The van der Waals surface area contributed by atoms with E-state index in [0.717, 1.165) is 28.0 Å². The molecule has 0 fully saturated rings. The van der Waals surface area contributed by atoms with Crippen LogP contribution < -0.4 is 10.7 Å². The number of amides is 1. The molecule has 1 aromatic heterocycles. The zero-order valence-electron chi connectivity index (χ0n) is 14.3. The number of nitrogens with one attached hydrogen (secondary N) is 2. The molecular weight excluding hydrogens is 332 g/mol. The summed E-state index contributed by atoms with van der Waals surface area (Å²) in [5.74, 6) is 0.872. The summed E-state index contributed by atoms with van der Waals surface area (Å²) in [6.45, 7) is 3.98. The number of hydrogen-bond acceptors (Lipinski definition) is 3. The highest BCUT2D eigenvalue weighted by atomic mass is 32.2. The van der Waals surface area contributed by atoms with E-state index in [1.165, 1.54) is 11.8 Å². The Morgan fingerprint density at radius 2 is 1.88 bits per heavy atom. The van der Waals surface area contributed by atoms with Crippen LogP contribution in [0.4, 0.5) is 5.69 Å². The van der Waals surface area contributed by atoms with Crippen LogP contribution in [0.5, 0.6) is 0 Å². The second kappa shape index (κ2) is 7.57. The number of pyridine rings is 1. The third-order valence-electron chi connectivity index (χ3n) is 3.83. The van der Waals surface area contributed by atoms with Crippen molar-refractivity contribution in [2.75, 3.05) is 11.1 Å². The van der Waals surface area contributed by atoms with Crippen LogP contribution in [0.1, 0.15) is 16.8 Å². The van der Waals surface area contributed by atoms with Gasteiger partial charge in [-0.1, -0.05) is 18.2 Å². The van der Waals surface area contributed by atoms with E-state index in [0.29, 0.717) is 16.9 Å². The number of benzene rings is 2. The molecule has 1 amide bonds. The van der Waals surface area contributed by atoms with Crippen LogP contribution in [-0.2, 0) is 10.5 Å². The molecular formula is C20H20N2O2S. The SMILES string of the molecule is Cc1cccc(NC(=O)CSCc2cc(=O)c3ccc(C)cc3[nH]2)c1. The van der Waals surface area contributed by atoms with E-state index >= 15 is 0 Å². The maximum absolute atomic E-state index is 12.2. The van der Waals surface area contributed by atoms with Crippen molar-refractivity contribution in [2.45, 2.75) is 19.6 Å². The Bertz CT molecular complexity index is 979. The maximum atomic E-state index is 12.2. The van der Waals surface area contributed by atoms with Crippen molar-refractivity contribution in [3.05, 3.63) is 75.6 Å². The summed E-state index contributed by atoms with van der Waals surface area (Å²) in [7, 11) is 0. The lowest BCUT2D eigenvalue weighted by Gasteiger charge is -2.07. The molecule has 128 valence electrons. The van der Waals surface area contributed by atoms with Crippen LogP contribution in [0.15, 0.2) is 53.3 Å². The number of anilines is 1. The van der Waals surface area contributed by atoms with Crippen LogP contribution in [0, 0.1) is 13.8 Å². The first-order chi connectivity index (χ1) is 12.0. The molecule has 0 aliphatic rings. The molecule has 0 aliphatic heterocycles. The smallest absolute Gasteiger partial charge is 0.234 e. The molecule has 4 nitrogen and oxygen atoms in total. The fourth-order valence-electron chi connectivity index (χ4n) is 2.67. The third-order valence-corrected chi connectivity index (χ3v) is 4.82. The largest absolute Gasteiger partial charge is 0.357 e. The normalized spacial score (nSPS) is 10.8. The molecule has 0 saturated heterocycles. The van der Waals surface area contributed by atoms with E-state index in [4.69, 9.17) is 0 Å². The second-order valence-corrected chi connectivity index (χ2v) is 7.10. The second-order valence-electron chi connectivity index (χ2n) is 6.12. The van der Waals surface area contributed by atoms with E-state index in [-0.39, 0.29) is 11.3 Å². The van der Waals surface area contributed by atoms with Crippen molar-refractivity contribution in [3.8, 4) is 0 Å². The van der Waals surface area contributed by atoms with Gasteiger partial charge in [0.15, 0.2) is 5.43 Å². The molecule has 0 bridgehead atoms. The van der Waals surface area contributed by atoms with Crippen molar-refractivity contribution < 1.29 is 4.79 Å². The van der Waals surface area contributed by atoms with Gasteiger partial charge in [0, 0.05) is 34.1 Å². The molecule has 0 atom stereocenters. The van der Waals surface area contributed by atoms with E-state index in [1.54, 1.807) is 6.07 Å². The first kappa shape index (κ1) is 17.3. The summed E-state index contributed by atoms with van der Waals surface area (Å²) >= 11 is 1.48. The fraction of sp³-hybridized carbons (Fsp3) is 0.200. The molecule has 0 aliphatic carbocycles. The Morgan fingerprint density at radius 3 is 2.68 bits per heavy atom. The molecule has 5 heteroatoms. The van der Waals surface area contributed by atoms with Crippen molar-refractivity contribution in [1.82, 2.24) is 4.98 Å². The van der Waals surface area contributed by atoms with Crippen LogP contribution in [0.3, 0.4) is 0 Å². The monoisotopic (exact) mass is 352 g/mol. The van der Waals surface area contributed by atoms with Crippen molar-refractivity contribution in [3.63, 3.8) is 0 Å². The van der Waals surface area contributed by atoms with Crippen LogP contribution in [0.2, 0.25) is 0 Å². The van der Waals surface area contributed by atoms with E-state index < -0.39 is 0 Å². The molecule has 0 unspecified atom stereocenters. The quantitative estimate of drug-likeness (QED) is 0.729. The van der Waals surface area contributed by atoms with Crippen LogP contribution in [-0.4, -0.2) is 16.6 Å². The van der Waals surface area contributed by atoms with Gasteiger partial charge in [0.2, 0.25) is 5.91 Å². The Hall–Kier alpha value is -2.53. The highest BCUT2D eigenvalue weighted by Gasteiger charge is 2.06. The molecule has 0 spiro atoms. The van der Waals surface area contributed by atoms with Crippen molar-refractivity contribution in [2.24, 2.45) is 0 Å². The summed E-state index contributed by atoms with van der Waals surface area (Å²) in [5, 5.41) is 3.58. The predicted molar refractivity (Wildman–Crippen MR) is 105 cm³/mol. The summed E-state index contributed by atoms with van der Waals surface area (Å²) in [4.78, 5) is 27.5. The van der Waals surface area contributed by atoms with Gasteiger partial charge in [0.1, 0.15) is 0 Å². The first-order valence-corrected chi connectivity index (χ1v) is 9.23. The summed E-state index contributed by atoms with van der Waals surface area (Å²) < 4.78 is 0. The molecule has 0 saturated carbocycles. The standard InChI is InChI=1S/C20H20N2O2S/c1-13-4-3-5-15(8-13)22-20(24)12-25-11-16-10-19(23)17-7-6-14(2)9-18(17)21-16/h3-10H,11-12H2,1-2H3,(H,21,23)(H,22,24). The van der Waals surface area contributed by atoms with Gasteiger partial charge < -0.3 is 10.3 Å². The fourth-order valence-corrected chi connectivity index (χ4v) is 3.41. The highest BCUT2D eigenvalue weighted by molar-refractivity contribution is 7.99. The molecule has 2 N–H and O–H groups in total. The zero-order valence-corrected chi connectivity index (χ0v) is 15.1. The molecule has 3 aromatic rings. The van der Waals surface area contributed by atoms with Gasteiger partial charge in [-0.2, -0.15) is 0 Å². The van der Waals surface area contributed by atoms with Crippen molar-refractivity contribution >= 4 is 34.3 Å². The Morgan fingerprint density at radius 1 is 1.08 bits per heavy atom. The predicted octanol–water partition coefficient (Wildman–Crippen LogP) is 4.02. The lowest BCUT2D eigenvalue weighted by atomic mass is 10.1. The molecule has 25 heavy (non-hydrogen) atoms. The van der Waals surface area contributed by atoms with Gasteiger partial charge in [-0.25, -0.2) is 0 Å².